The lowest BCUT2D eigenvalue weighted by Gasteiger charge is -2.51. The lowest BCUT2D eigenvalue weighted by atomic mass is 9.67. The molecule has 0 spiro atoms. The van der Waals surface area contributed by atoms with Crippen LogP contribution >= 0.6 is 0 Å². The molecule has 1 saturated carbocycles. The first-order chi connectivity index (χ1) is 12.5. The summed E-state index contributed by atoms with van der Waals surface area (Å²) in [6, 6.07) is 0. The van der Waals surface area contributed by atoms with Gasteiger partial charge in [-0.05, 0) is 52.4 Å². The van der Waals surface area contributed by atoms with Crippen LogP contribution in [0.15, 0.2) is 0 Å². The standard InChI is InChI=1S/C23H46O4/c1-10-16-21(8,12-3)24-26-23(19(5)15-14-18-20(23,6)7)27-25-22(9,13-4)17-11-2/h19H,10-18H2,1-9H3. The fraction of sp³-hybridized carbons (Fsp3) is 1.00. The first-order valence-electron chi connectivity index (χ1n) is 11.3. The zero-order chi connectivity index (χ0) is 20.8. The van der Waals surface area contributed by atoms with Crippen LogP contribution < -0.4 is 0 Å². The highest BCUT2D eigenvalue weighted by molar-refractivity contribution is 4.94. The van der Waals surface area contributed by atoms with Crippen molar-refractivity contribution in [3.8, 4) is 0 Å². The second-order valence-electron chi connectivity index (χ2n) is 9.78. The van der Waals surface area contributed by atoms with Crippen LogP contribution in [0, 0.1) is 11.3 Å². The van der Waals surface area contributed by atoms with Crippen molar-refractivity contribution in [1.29, 1.82) is 0 Å². The number of rotatable bonds is 12. The minimum atomic E-state index is -0.903. The molecule has 1 rings (SSSR count). The Hall–Kier alpha value is -0.160. The molecule has 4 heteroatoms. The maximum Gasteiger partial charge on any atom is 0.241 e. The van der Waals surface area contributed by atoms with E-state index in [0.29, 0.717) is 0 Å². The van der Waals surface area contributed by atoms with E-state index in [-0.39, 0.29) is 22.5 Å². The minimum absolute atomic E-state index is 0.187. The summed E-state index contributed by atoms with van der Waals surface area (Å²) in [5, 5.41) is 0. The summed E-state index contributed by atoms with van der Waals surface area (Å²) >= 11 is 0. The van der Waals surface area contributed by atoms with Gasteiger partial charge in [-0.3, -0.25) is 0 Å². The molecule has 0 amide bonds. The summed E-state index contributed by atoms with van der Waals surface area (Å²) in [6.07, 6.45) is 9.06. The minimum Gasteiger partial charge on any atom is -0.227 e. The van der Waals surface area contributed by atoms with Crippen LogP contribution in [0.25, 0.3) is 0 Å². The Kier molecular flexibility index (Phi) is 9.26. The molecule has 1 fully saturated rings. The van der Waals surface area contributed by atoms with E-state index in [2.05, 4.69) is 62.3 Å². The van der Waals surface area contributed by atoms with Crippen molar-refractivity contribution in [3.63, 3.8) is 0 Å². The highest BCUT2D eigenvalue weighted by Gasteiger charge is 2.57. The molecular weight excluding hydrogens is 340 g/mol. The average molecular weight is 387 g/mol. The predicted octanol–water partition coefficient (Wildman–Crippen LogP) is 7.36. The van der Waals surface area contributed by atoms with Gasteiger partial charge in [0.15, 0.2) is 0 Å². The van der Waals surface area contributed by atoms with E-state index in [9.17, 15) is 0 Å². The van der Waals surface area contributed by atoms with Gasteiger partial charge in [-0.15, -0.1) is 0 Å². The van der Waals surface area contributed by atoms with Crippen molar-refractivity contribution in [1.82, 2.24) is 0 Å². The molecule has 3 unspecified atom stereocenters. The van der Waals surface area contributed by atoms with Gasteiger partial charge in [-0.25, -0.2) is 9.78 Å². The van der Waals surface area contributed by atoms with E-state index in [1.165, 1.54) is 6.42 Å². The molecule has 4 nitrogen and oxygen atoms in total. The summed E-state index contributed by atoms with van der Waals surface area (Å²) in [5.41, 5.74) is -0.821. The Morgan fingerprint density at radius 1 is 0.852 bits per heavy atom. The highest BCUT2D eigenvalue weighted by atomic mass is 17.3. The van der Waals surface area contributed by atoms with Crippen LogP contribution in [0.3, 0.4) is 0 Å². The molecule has 0 aromatic carbocycles. The van der Waals surface area contributed by atoms with Gasteiger partial charge < -0.3 is 0 Å². The van der Waals surface area contributed by atoms with Gasteiger partial charge in [-0.1, -0.05) is 67.7 Å². The first kappa shape index (κ1) is 24.9. The van der Waals surface area contributed by atoms with Gasteiger partial charge in [-0.2, -0.15) is 9.78 Å². The molecule has 0 heterocycles. The molecular formula is C23H46O4. The lowest BCUT2D eigenvalue weighted by molar-refractivity contribution is -0.579. The van der Waals surface area contributed by atoms with Crippen LogP contribution in [0.2, 0.25) is 0 Å². The molecule has 0 aliphatic heterocycles. The molecule has 1 aliphatic carbocycles. The second-order valence-corrected chi connectivity index (χ2v) is 9.78. The summed E-state index contributed by atoms with van der Waals surface area (Å²) in [7, 11) is 0. The largest absolute Gasteiger partial charge is 0.241 e. The smallest absolute Gasteiger partial charge is 0.227 e. The molecule has 0 saturated heterocycles. The van der Waals surface area contributed by atoms with Crippen LogP contribution in [0.4, 0.5) is 0 Å². The molecule has 0 aromatic rings. The topological polar surface area (TPSA) is 36.9 Å². The Morgan fingerprint density at radius 2 is 1.30 bits per heavy atom. The molecule has 0 bridgehead atoms. The van der Waals surface area contributed by atoms with Gasteiger partial charge in [0.2, 0.25) is 5.79 Å². The third-order valence-corrected chi connectivity index (χ3v) is 6.82. The van der Waals surface area contributed by atoms with E-state index >= 15 is 0 Å². The normalized spacial score (nSPS) is 29.9. The maximum atomic E-state index is 6.28. The van der Waals surface area contributed by atoms with Gasteiger partial charge in [0.05, 0.1) is 0 Å². The fourth-order valence-electron chi connectivity index (χ4n) is 4.22. The van der Waals surface area contributed by atoms with Crippen LogP contribution in [-0.2, 0) is 19.6 Å². The van der Waals surface area contributed by atoms with Crippen molar-refractivity contribution < 1.29 is 19.6 Å². The van der Waals surface area contributed by atoms with E-state index in [1.807, 2.05) is 0 Å². The van der Waals surface area contributed by atoms with Gasteiger partial charge in [0.25, 0.3) is 0 Å². The second kappa shape index (κ2) is 10.0. The quantitative estimate of drug-likeness (QED) is 0.199. The molecule has 162 valence electrons. The van der Waals surface area contributed by atoms with Gasteiger partial charge in [0.1, 0.15) is 11.2 Å². The van der Waals surface area contributed by atoms with E-state index in [1.54, 1.807) is 0 Å². The maximum absolute atomic E-state index is 6.28. The van der Waals surface area contributed by atoms with Gasteiger partial charge in [0, 0.05) is 11.3 Å². The van der Waals surface area contributed by atoms with E-state index in [4.69, 9.17) is 19.6 Å². The average Bonchev–Trinajstić information content (AvgIpc) is 2.61. The summed E-state index contributed by atoms with van der Waals surface area (Å²) in [5.74, 6) is -0.716. The molecule has 0 N–H and O–H groups in total. The fourth-order valence-corrected chi connectivity index (χ4v) is 4.22. The molecule has 0 radical (unpaired) electrons. The Morgan fingerprint density at radius 3 is 1.63 bits per heavy atom. The Balaban J connectivity index is 3.09. The third kappa shape index (κ3) is 5.91. The van der Waals surface area contributed by atoms with Crippen molar-refractivity contribution in [2.24, 2.45) is 11.3 Å². The third-order valence-electron chi connectivity index (χ3n) is 6.82. The van der Waals surface area contributed by atoms with Crippen LogP contribution in [0.5, 0.6) is 0 Å². The molecule has 1 aliphatic rings. The monoisotopic (exact) mass is 386 g/mol. The Bertz CT molecular complexity index is 412. The van der Waals surface area contributed by atoms with Crippen molar-refractivity contribution in [3.05, 3.63) is 0 Å². The van der Waals surface area contributed by atoms with Crippen LogP contribution in [0.1, 0.15) is 120 Å². The molecule has 27 heavy (non-hydrogen) atoms. The van der Waals surface area contributed by atoms with E-state index < -0.39 is 5.79 Å². The Labute approximate surface area is 168 Å². The lowest BCUT2D eigenvalue weighted by Crippen LogP contribution is -2.58. The van der Waals surface area contributed by atoms with Crippen LogP contribution in [-0.4, -0.2) is 17.0 Å². The SMILES string of the molecule is CCCC(C)(CC)OOC1(OOC(C)(CC)CCC)C(C)CCCC1(C)C. The number of hydrogen-bond acceptors (Lipinski definition) is 4. The summed E-state index contributed by atoms with van der Waals surface area (Å²) < 4.78 is 0. The van der Waals surface area contributed by atoms with Crippen molar-refractivity contribution in [2.45, 2.75) is 137 Å². The number of hydrogen-bond donors (Lipinski definition) is 0. The van der Waals surface area contributed by atoms with Gasteiger partial charge >= 0.3 is 0 Å². The van der Waals surface area contributed by atoms with Crippen molar-refractivity contribution >= 4 is 0 Å². The zero-order valence-corrected chi connectivity index (χ0v) is 19.6. The molecule has 0 aromatic heterocycles. The zero-order valence-electron chi connectivity index (χ0n) is 19.6. The summed E-state index contributed by atoms with van der Waals surface area (Å²) in [6.45, 7) is 19.5. The highest BCUT2D eigenvalue weighted by Crippen LogP contribution is 2.51. The molecule has 3 atom stereocenters. The predicted molar refractivity (Wildman–Crippen MR) is 111 cm³/mol. The van der Waals surface area contributed by atoms with Crippen molar-refractivity contribution in [2.75, 3.05) is 0 Å². The first-order valence-corrected chi connectivity index (χ1v) is 11.3. The summed E-state index contributed by atoms with van der Waals surface area (Å²) in [4.78, 5) is 24.8. The van der Waals surface area contributed by atoms with E-state index in [0.717, 1.165) is 51.4 Å².